The van der Waals surface area contributed by atoms with E-state index < -0.39 is 0 Å². The minimum atomic E-state index is -0.238. The first-order valence-corrected chi connectivity index (χ1v) is 5.65. The van der Waals surface area contributed by atoms with Crippen LogP contribution < -0.4 is 5.32 Å². The van der Waals surface area contributed by atoms with Crippen LogP contribution in [0.3, 0.4) is 0 Å². The molecule has 0 radical (unpaired) electrons. The fourth-order valence-electron chi connectivity index (χ4n) is 1.44. The van der Waals surface area contributed by atoms with Crippen LogP contribution in [0, 0.1) is 16.7 Å². The normalized spacial score (nSPS) is 13.4. The van der Waals surface area contributed by atoms with Crippen LogP contribution in [0.15, 0.2) is 18.5 Å². The van der Waals surface area contributed by atoms with E-state index in [1.165, 1.54) is 0 Å². The molecule has 0 aliphatic rings. The topological polar surface area (TPSA) is 53.6 Å². The summed E-state index contributed by atoms with van der Waals surface area (Å²) in [6, 6.07) is 4.59. The second kappa shape index (κ2) is 5.66. The molecule has 1 N–H and O–H groups in total. The summed E-state index contributed by atoms with van der Waals surface area (Å²) < 4.78 is 1.91. The minimum absolute atomic E-state index is 0.238. The quantitative estimate of drug-likeness (QED) is 0.795. The van der Waals surface area contributed by atoms with E-state index in [1.54, 1.807) is 6.20 Å². The highest BCUT2D eigenvalue weighted by molar-refractivity contribution is 4.92. The molecule has 1 aromatic heterocycles. The standard InChI is InChI=1S/C12H20N4/c1-11(9-16-8-4-6-15-16)14-7-5-12(2,3)10-13/h4,6,8,11,14H,5,7,9H2,1-3H3. The molecule has 0 saturated carbocycles. The van der Waals surface area contributed by atoms with Gasteiger partial charge >= 0.3 is 0 Å². The molecule has 0 bridgehead atoms. The SMILES string of the molecule is CC(Cn1cccn1)NCCC(C)(C)C#N. The van der Waals surface area contributed by atoms with Crippen molar-refractivity contribution in [3.63, 3.8) is 0 Å². The van der Waals surface area contributed by atoms with Crippen molar-refractivity contribution in [1.29, 1.82) is 5.26 Å². The van der Waals surface area contributed by atoms with Crippen molar-refractivity contribution in [2.45, 2.75) is 39.8 Å². The maximum atomic E-state index is 8.87. The van der Waals surface area contributed by atoms with Gasteiger partial charge in [-0.3, -0.25) is 4.68 Å². The number of aromatic nitrogens is 2. The molecule has 1 heterocycles. The second-order valence-corrected chi connectivity index (χ2v) is 4.83. The zero-order valence-electron chi connectivity index (χ0n) is 10.3. The molecule has 16 heavy (non-hydrogen) atoms. The lowest BCUT2D eigenvalue weighted by molar-refractivity contribution is 0.390. The number of hydrogen-bond donors (Lipinski definition) is 1. The Morgan fingerprint density at radius 2 is 2.31 bits per heavy atom. The van der Waals surface area contributed by atoms with Crippen molar-refractivity contribution in [3.05, 3.63) is 18.5 Å². The molecule has 1 aromatic rings. The first-order valence-electron chi connectivity index (χ1n) is 5.65. The lowest BCUT2D eigenvalue weighted by Crippen LogP contribution is -2.33. The Bertz CT molecular complexity index is 334. The molecule has 0 amide bonds. The monoisotopic (exact) mass is 220 g/mol. The zero-order valence-corrected chi connectivity index (χ0v) is 10.3. The highest BCUT2D eigenvalue weighted by atomic mass is 15.3. The van der Waals surface area contributed by atoms with Gasteiger partial charge in [-0.2, -0.15) is 10.4 Å². The molecule has 4 nitrogen and oxygen atoms in total. The Labute approximate surface area is 97.3 Å². The lowest BCUT2D eigenvalue weighted by Gasteiger charge is -2.18. The van der Waals surface area contributed by atoms with E-state index in [1.807, 2.05) is 30.8 Å². The average Bonchev–Trinajstić information content (AvgIpc) is 2.70. The van der Waals surface area contributed by atoms with Crippen LogP contribution in [-0.2, 0) is 6.54 Å². The van der Waals surface area contributed by atoms with Crippen molar-refractivity contribution in [2.24, 2.45) is 5.41 Å². The molecule has 0 aromatic carbocycles. The van der Waals surface area contributed by atoms with Crippen molar-refractivity contribution >= 4 is 0 Å². The summed E-state index contributed by atoms with van der Waals surface area (Å²) in [5, 5.41) is 16.4. The number of nitriles is 1. The molecule has 1 rings (SSSR count). The summed E-state index contributed by atoms with van der Waals surface area (Å²) in [6.45, 7) is 7.78. The molecular formula is C12H20N4. The number of hydrogen-bond acceptors (Lipinski definition) is 3. The van der Waals surface area contributed by atoms with E-state index in [0.29, 0.717) is 6.04 Å². The third-order valence-electron chi connectivity index (χ3n) is 2.57. The highest BCUT2D eigenvalue weighted by Crippen LogP contribution is 2.17. The van der Waals surface area contributed by atoms with E-state index in [2.05, 4.69) is 23.4 Å². The van der Waals surface area contributed by atoms with Gasteiger partial charge in [0.25, 0.3) is 0 Å². The first-order chi connectivity index (χ1) is 7.53. The Balaban J connectivity index is 2.21. The number of nitrogens with one attached hydrogen (secondary N) is 1. The Morgan fingerprint density at radius 3 is 2.88 bits per heavy atom. The number of nitrogens with zero attached hydrogens (tertiary/aromatic N) is 3. The average molecular weight is 220 g/mol. The summed E-state index contributed by atoms with van der Waals surface area (Å²) >= 11 is 0. The largest absolute Gasteiger partial charge is 0.312 e. The van der Waals surface area contributed by atoms with Gasteiger partial charge in [-0.25, -0.2) is 0 Å². The molecule has 88 valence electrons. The maximum absolute atomic E-state index is 8.87. The first kappa shape index (κ1) is 12.7. The van der Waals surface area contributed by atoms with E-state index in [-0.39, 0.29) is 5.41 Å². The van der Waals surface area contributed by atoms with Crippen LogP contribution in [0.5, 0.6) is 0 Å². The van der Waals surface area contributed by atoms with Crippen LogP contribution >= 0.6 is 0 Å². The molecule has 1 atom stereocenters. The van der Waals surface area contributed by atoms with Gasteiger partial charge in [-0.05, 0) is 39.8 Å². The Hall–Kier alpha value is -1.34. The second-order valence-electron chi connectivity index (χ2n) is 4.83. The van der Waals surface area contributed by atoms with E-state index in [4.69, 9.17) is 5.26 Å². The Morgan fingerprint density at radius 1 is 1.56 bits per heavy atom. The van der Waals surface area contributed by atoms with Crippen molar-refractivity contribution in [2.75, 3.05) is 6.54 Å². The van der Waals surface area contributed by atoms with Crippen molar-refractivity contribution < 1.29 is 0 Å². The van der Waals surface area contributed by atoms with Crippen molar-refractivity contribution in [1.82, 2.24) is 15.1 Å². The van der Waals surface area contributed by atoms with Crippen LogP contribution in [-0.4, -0.2) is 22.4 Å². The number of rotatable bonds is 6. The van der Waals surface area contributed by atoms with Gasteiger partial charge in [0.05, 0.1) is 18.0 Å². The fourth-order valence-corrected chi connectivity index (χ4v) is 1.44. The zero-order chi connectivity index (χ0) is 12.0. The van der Waals surface area contributed by atoms with Crippen LogP contribution in [0.1, 0.15) is 27.2 Å². The smallest absolute Gasteiger partial charge is 0.0684 e. The van der Waals surface area contributed by atoms with Crippen LogP contribution in [0.25, 0.3) is 0 Å². The minimum Gasteiger partial charge on any atom is -0.312 e. The van der Waals surface area contributed by atoms with Gasteiger partial charge in [-0.1, -0.05) is 0 Å². The van der Waals surface area contributed by atoms with Gasteiger partial charge < -0.3 is 5.32 Å². The molecule has 0 spiro atoms. The Kier molecular flexibility index (Phi) is 4.51. The van der Waals surface area contributed by atoms with Gasteiger partial charge in [-0.15, -0.1) is 0 Å². The predicted molar refractivity (Wildman–Crippen MR) is 63.7 cm³/mol. The fraction of sp³-hybridized carbons (Fsp3) is 0.667. The predicted octanol–water partition coefficient (Wildman–Crippen LogP) is 1.80. The highest BCUT2D eigenvalue weighted by Gasteiger charge is 2.16. The van der Waals surface area contributed by atoms with Crippen LogP contribution in [0.2, 0.25) is 0 Å². The summed E-state index contributed by atoms with van der Waals surface area (Å²) in [7, 11) is 0. The molecule has 0 fully saturated rings. The van der Waals surface area contributed by atoms with Gasteiger partial charge in [0.1, 0.15) is 0 Å². The molecule has 0 aliphatic heterocycles. The summed E-state index contributed by atoms with van der Waals surface area (Å²) in [5.41, 5.74) is -0.238. The van der Waals surface area contributed by atoms with E-state index >= 15 is 0 Å². The van der Waals surface area contributed by atoms with E-state index in [0.717, 1.165) is 19.5 Å². The summed E-state index contributed by atoms with van der Waals surface area (Å²) in [4.78, 5) is 0. The lowest BCUT2D eigenvalue weighted by atomic mass is 9.91. The maximum Gasteiger partial charge on any atom is 0.0684 e. The van der Waals surface area contributed by atoms with Gasteiger partial charge in [0.15, 0.2) is 0 Å². The van der Waals surface area contributed by atoms with Gasteiger partial charge in [0, 0.05) is 18.4 Å². The molecule has 1 unspecified atom stereocenters. The molecular weight excluding hydrogens is 200 g/mol. The molecule has 0 saturated heterocycles. The molecule has 4 heteroatoms. The summed E-state index contributed by atoms with van der Waals surface area (Å²) in [6.07, 6.45) is 4.61. The molecule has 0 aliphatic carbocycles. The van der Waals surface area contributed by atoms with Gasteiger partial charge in [0.2, 0.25) is 0 Å². The van der Waals surface area contributed by atoms with E-state index in [9.17, 15) is 0 Å². The third-order valence-corrected chi connectivity index (χ3v) is 2.57. The van der Waals surface area contributed by atoms with Crippen molar-refractivity contribution in [3.8, 4) is 6.07 Å². The van der Waals surface area contributed by atoms with Crippen LogP contribution in [0.4, 0.5) is 0 Å². The summed E-state index contributed by atoms with van der Waals surface area (Å²) in [5.74, 6) is 0. The third kappa shape index (κ3) is 4.45.